The Morgan fingerprint density at radius 2 is 1.68 bits per heavy atom. The molecule has 7 nitrogen and oxygen atoms in total. The molecule has 34 heavy (non-hydrogen) atoms. The topological polar surface area (TPSA) is 81.7 Å². The Morgan fingerprint density at radius 3 is 2.38 bits per heavy atom. The van der Waals surface area contributed by atoms with Gasteiger partial charge in [0.2, 0.25) is 0 Å². The number of amides is 2. The molecule has 2 amide bonds. The number of carbonyl (C=O) groups is 1. The molecule has 0 saturated carbocycles. The number of pyridine rings is 1. The fourth-order valence-corrected chi connectivity index (χ4v) is 3.62. The third-order valence-electron chi connectivity index (χ3n) is 5.33. The summed E-state index contributed by atoms with van der Waals surface area (Å²) in [7, 11) is 3.11. The maximum Gasteiger partial charge on any atom is 0.323 e. The lowest BCUT2D eigenvalue weighted by atomic mass is 10.1. The van der Waals surface area contributed by atoms with Gasteiger partial charge in [-0.05, 0) is 44.2 Å². The SMILES string of the molecule is CCOc1cc(-c2ccc(C)cc2)nc2ccc(NC(=O)Nc3cc(OC)ccc3OC)cc12. The molecule has 3 aromatic carbocycles. The number of anilines is 2. The van der Waals surface area contributed by atoms with E-state index in [1.165, 1.54) is 5.56 Å². The summed E-state index contributed by atoms with van der Waals surface area (Å²) in [5, 5.41) is 6.48. The predicted molar refractivity (Wildman–Crippen MR) is 135 cm³/mol. The summed E-state index contributed by atoms with van der Waals surface area (Å²) in [6.07, 6.45) is 0. The van der Waals surface area contributed by atoms with E-state index in [9.17, 15) is 4.79 Å². The highest BCUT2D eigenvalue weighted by atomic mass is 16.5. The van der Waals surface area contributed by atoms with Gasteiger partial charge >= 0.3 is 6.03 Å². The molecule has 4 aromatic rings. The first-order valence-electron chi connectivity index (χ1n) is 11.0. The predicted octanol–water partition coefficient (Wildman–Crippen LogP) is 6.27. The van der Waals surface area contributed by atoms with E-state index in [2.05, 4.69) is 29.7 Å². The molecule has 0 fully saturated rings. The number of ether oxygens (including phenoxy) is 3. The summed E-state index contributed by atoms with van der Waals surface area (Å²) in [4.78, 5) is 17.5. The largest absolute Gasteiger partial charge is 0.497 e. The number of benzene rings is 3. The number of nitrogens with one attached hydrogen (secondary N) is 2. The molecule has 0 spiro atoms. The molecular formula is C27H27N3O4. The third kappa shape index (κ3) is 5.04. The van der Waals surface area contributed by atoms with E-state index in [0.29, 0.717) is 35.2 Å². The maximum atomic E-state index is 12.7. The molecule has 0 atom stereocenters. The van der Waals surface area contributed by atoms with Crippen LogP contribution in [0.25, 0.3) is 22.2 Å². The number of fused-ring (bicyclic) bond motifs is 1. The molecule has 0 aliphatic carbocycles. The van der Waals surface area contributed by atoms with Crippen molar-refractivity contribution < 1.29 is 19.0 Å². The van der Waals surface area contributed by atoms with Crippen molar-refractivity contribution in [2.24, 2.45) is 0 Å². The lowest BCUT2D eigenvalue weighted by Gasteiger charge is -2.14. The number of aromatic nitrogens is 1. The van der Waals surface area contributed by atoms with Crippen LogP contribution < -0.4 is 24.8 Å². The molecule has 0 bridgehead atoms. The van der Waals surface area contributed by atoms with Crippen LogP contribution in [-0.2, 0) is 0 Å². The Labute approximate surface area is 198 Å². The van der Waals surface area contributed by atoms with E-state index in [0.717, 1.165) is 22.2 Å². The van der Waals surface area contributed by atoms with E-state index in [4.69, 9.17) is 19.2 Å². The molecule has 7 heteroatoms. The van der Waals surface area contributed by atoms with Crippen molar-refractivity contribution in [3.63, 3.8) is 0 Å². The van der Waals surface area contributed by atoms with Crippen molar-refractivity contribution in [2.45, 2.75) is 13.8 Å². The van der Waals surface area contributed by atoms with Crippen LogP contribution in [-0.4, -0.2) is 31.8 Å². The van der Waals surface area contributed by atoms with Gasteiger partial charge < -0.3 is 24.8 Å². The van der Waals surface area contributed by atoms with Crippen LogP contribution in [0.3, 0.4) is 0 Å². The fourth-order valence-electron chi connectivity index (χ4n) is 3.62. The highest BCUT2D eigenvalue weighted by molar-refractivity contribution is 6.02. The number of urea groups is 1. The lowest BCUT2D eigenvalue weighted by Crippen LogP contribution is -2.19. The fraction of sp³-hybridized carbons (Fsp3) is 0.185. The van der Waals surface area contributed by atoms with Crippen molar-refractivity contribution in [1.29, 1.82) is 0 Å². The highest BCUT2D eigenvalue weighted by Gasteiger charge is 2.13. The quantitative estimate of drug-likeness (QED) is 0.342. The molecule has 0 aliphatic heterocycles. The van der Waals surface area contributed by atoms with Gasteiger partial charge in [-0.15, -0.1) is 0 Å². The standard InChI is InChI=1S/C27H27N3O4/c1-5-34-26-16-23(18-8-6-17(2)7-9-18)29-22-12-10-19(14-21(22)26)28-27(31)30-24-15-20(32-3)11-13-25(24)33-4/h6-16H,5H2,1-4H3,(H2,28,30,31). The Hall–Kier alpha value is -4.26. The number of rotatable bonds is 7. The number of nitrogens with zero attached hydrogens (tertiary/aromatic N) is 1. The Kier molecular flexibility index (Phi) is 6.82. The van der Waals surface area contributed by atoms with Crippen molar-refractivity contribution in [3.8, 4) is 28.5 Å². The number of aryl methyl sites for hydroxylation is 1. The van der Waals surface area contributed by atoms with Gasteiger partial charge in [-0.25, -0.2) is 9.78 Å². The molecule has 0 aliphatic rings. The maximum absolute atomic E-state index is 12.7. The summed E-state index contributed by atoms with van der Waals surface area (Å²) in [6.45, 7) is 4.51. The lowest BCUT2D eigenvalue weighted by molar-refractivity contribution is 0.262. The summed E-state index contributed by atoms with van der Waals surface area (Å²) >= 11 is 0. The van der Waals surface area contributed by atoms with E-state index < -0.39 is 6.03 Å². The van der Waals surface area contributed by atoms with E-state index in [1.54, 1.807) is 32.4 Å². The number of methoxy groups -OCH3 is 2. The highest BCUT2D eigenvalue weighted by Crippen LogP contribution is 2.33. The van der Waals surface area contributed by atoms with Crippen LogP contribution in [0.2, 0.25) is 0 Å². The van der Waals surface area contributed by atoms with Gasteiger partial charge in [-0.3, -0.25) is 0 Å². The Balaban J connectivity index is 1.61. The van der Waals surface area contributed by atoms with Gasteiger partial charge in [0.05, 0.1) is 37.7 Å². The van der Waals surface area contributed by atoms with Crippen LogP contribution in [0, 0.1) is 6.92 Å². The second-order valence-corrected chi connectivity index (χ2v) is 7.68. The Morgan fingerprint density at radius 1 is 0.882 bits per heavy atom. The molecule has 1 heterocycles. The zero-order valence-corrected chi connectivity index (χ0v) is 19.6. The minimum atomic E-state index is -0.409. The van der Waals surface area contributed by atoms with E-state index in [-0.39, 0.29) is 0 Å². The monoisotopic (exact) mass is 457 g/mol. The molecule has 4 rings (SSSR count). The van der Waals surface area contributed by atoms with Crippen LogP contribution in [0.15, 0.2) is 66.7 Å². The van der Waals surface area contributed by atoms with Crippen molar-refractivity contribution >= 4 is 28.3 Å². The van der Waals surface area contributed by atoms with Gasteiger partial charge in [-0.1, -0.05) is 29.8 Å². The summed E-state index contributed by atoms with van der Waals surface area (Å²) in [6, 6.07) is 20.5. The molecule has 1 aromatic heterocycles. The molecule has 0 saturated heterocycles. The van der Waals surface area contributed by atoms with Gasteiger partial charge in [0.15, 0.2) is 0 Å². The third-order valence-corrected chi connectivity index (χ3v) is 5.33. The number of hydrogen-bond donors (Lipinski definition) is 2. The van der Waals surface area contributed by atoms with Gasteiger partial charge in [-0.2, -0.15) is 0 Å². The van der Waals surface area contributed by atoms with Gasteiger partial charge in [0, 0.05) is 28.8 Å². The van der Waals surface area contributed by atoms with Crippen molar-refractivity contribution in [1.82, 2.24) is 4.98 Å². The van der Waals surface area contributed by atoms with E-state index >= 15 is 0 Å². The second-order valence-electron chi connectivity index (χ2n) is 7.68. The molecule has 0 unspecified atom stereocenters. The average molecular weight is 458 g/mol. The normalized spacial score (nSPS) is 10.6. The van der Waals surface area contributed by atoms with Gasteiger partial charge in [0.1, 0.15) is 17.2 Å². The van der Waals surface area contributed by atoms with Crippen LogP contribution in [0.1, 0.15) is 12.5 Å². The summed E-state index contributed by atoms with van der Waals surface area (Å²) in [5.41, 5.74) is 4.93. The smallest absolute Gasteiger partial charge is 0.323 e. The summed E-state index contributed by atoms with van der Waals surface area (Å²) < 4.78 is 16.5. The first kappa shape index (κ1) is 22.9. The van der Waals surface area contributed by atoms with Gasteiger partial charge in [0.25, 0.3) is 0 Å². The molecule has 0 radical (unpaired) electrons. The minimum absolute atomic E-state index is 0.409. The van der Waals surface area contributed by atoms with E-state index in [1.807, 2.05) is 43.3 Å². The van der Waals surface area contributed by atoms with Crippen LogP contribution in [0.4, 0.5) is 16.2 Å². The first-order chi connectivity index (χ1) is 16.5. The first-order valence-corrected chi connectivity index (χ1v) is 11.0. The number of hydrogen-bond acceptors (Lipinski definition) is 5. The molecule has 2 N–H and O–H groups in total. The summed E-state index contributed by atoms with van der Waals surface area (Å²) in [5.74, 6) is 1.85. The minimum Gasteiger partial charge on any atom is -0.497 e. The van der Waals surface area contributed by atoms with Crippen LogP contribution in [0.5, 0.6) is 17.2 Å². The molecule has 174 valence electrons. The Bertz CT molecular complexity index is 1320. The van der Waals surface area contributed by atoms with Crippen LogP contribution >= 0.6 is 0 Å². The second kappa shape index (κ2) is 10.1. The zero-order chi connectivity index (χ0) is 24.1. The average Bonchev–Trinajstić information content (AvgIpc) is 2.84. The number of carbonyl (C=O) groups excluding carboxylic acids is 1. The zero-order valence-electron chi connectivity index (χ0n) is 19.6. The van der Waals surface area contributed by atoms with Crippen molar-refractivity contribution in [2.75, 3.05) is 31.5 Å². The van der Waals surface area contributed by atoms with Crippen molar-refractivity contribution in [3.05, 3.63) is 72.3 Å². The molecular weight excluding hydrogens is 430 g/mol.